The van der Waals surface area contributed by atoms with Crippen molar-refractivity contribution in [2.24, 2.45) is 0 Å². The minimum Gasteiger partial charge on any atom is -0.508 e. The smallest absolute Gasteiger partial charge is 0.408 e. The SMILES string of the molecule is CC(C)(C)OC(=O)NCc1nc(-c2ccc(O)cc2)cs1. The number of phenolic OH excluding ortho intramolecular Hbond substituents is 1. The monoisotopic (exact) mass is 306 g/mol. The number of nitrogens with one attached hydrogen (secondary N) is 1. The first-order valence-electron chi connectivity index (χ1n) is 6.54. The van der Waals surface area contributed by atoms with Gasteiger partial charge in [0, 0.05) is 10.9 Å². The Morgan fingerprint density at radius 2 is 2.00 bits per heavy atom. The van der Waals surface area contributed by atoms with Gasteiger partial charge in [-0.25, -0.2) is 9.78 Å². The van der Waals surface area contributed by atoms with Crippen molar-refractivity contribution in [2.45, 2.75) is 32.9 Å². The standard InChI is InChI=1S/C15H18N2O3S/c1-15(2,3)20-14(19)16-8-13-17-12(9-21-13)10-4-6-11(18)7-5-10/h4-7,9,18H,8H2,1-3H3,(H,16,19). The zero-order chi connectivity index (χ0) is 15.5. The van der Waals surface area contributed by atoms with Crippen molar-refractivity contribution in [1.82, 2.24) is 10.3 Å². The highest BCUT2D eigenvalue weighted by Gasteiger charge is 2.16. The number of nitrogens with zero attached hydrogens (tertiary/aromatic N) is 1. The van der Waals surface area contributed by atoms with Crippen molar-refractivity contribution in [1.29, 1.82) is 0 Å². The molecule has 6 heteroatoms. The van der Waals surface area contributed by atoms with Gasteiger partial charge in [0.2, 0.25) is 0 Å². The lowest BCUT2D eigenvalue weighted by atomic mass is 10.2. The predicted molar refractivity (Wildman–Crippen MR) is 82.3 cm³/mol. The fourth-order valence-electron chi connectivity index (χ4n) is 1.62. The van der Waals surface area contributed by atoms with E-state index in [9.17, 15) is 9.90 Å². The third kappa shape index (κ3) is 4.75. The second-order valence-electron chi connectivity index (χ2n) is 5.53. The zero-order valence-corrected chi connectivity index (χ0v) is 13.0. The number of benzene rings is 1. The van der Waals surface area contributed by atoms with Crippen LogP contribution in [0.2, 0.25) is 0 Å². The average Bonchev–Trinajstić information content (AvgIpc) is 2.84. The molecule has 1 aromatic carbocycles. The van der Waals surface area contributed by atoms with Gasteiger partial charge in [0.1, 0.15) is 16.4 Å². The van der Waals surface area contributed by atoms with Gasteiger partial charge in [0.05, 0.1) is 12.2 Å². The van der Waals surface area contributed by atoms with E-state index in [0.29, 0.717) is 6.54 Å². The molecule has 1 heterocycles. The van der Waals surface area contributed by atoms with Crippen LogP contribution in [0.15, 0.2) is 29.6 Å². The molecule has 0 bridgehead atoms. The van der Waals surface area contributed by atoms with E-state index in [-0.39, 0.29) is 5.75 Å². The van der Waals surface area contributed by atoms with Gasteiger partial charge in [-0.15, -0.1) is 11.3 Å². The highest BCUT2D eigenvalue weighted by atomic mass is 32.1. The summed E-state index contributed by atoms with van der Waals surface area (Å²) in [6.07, 6.45) is -0.455. The summed E-state index contributed by atoms with van der Waals surface area (Å²) >= 11 is 1.46. The summed E-state index contributed by atoms with van der Waals surface area (Å²) in [4.78, 5) is 16.0. The fourth-order valence-corrected chi connectivity index (χ4v) is 2.36. The molecule has 0 aliphatic rings. The lowest BCUT2D eigenvalue weighted by molar-refractivity contribution is 0.0523. The lowest BCUT2D eigenvalue weighted by Crippen LogP contribution is -2.32. The summed E-state index contributed by atoms with van der Waals surface area (Å²) in [7, 11) is 0. The first kappa shape index (κ1) is 15.3. The number of aromatic hydroxyl groups is 1. The molecule has 0 aliphatic carbocycles. The Balaban J connectivity index is 1.94. The van der Waals surface area contributed by atoms with Crippen LogP contribution in [0, 0.1) is 0 Å². The maximum atomic E-state index is 11.6. The Morgan fingerprint density at radius 3 is 2.62 bits per heavy atom. The Morgan fingerprint density at radius 1 is 1.33 bits per heavy atom. The fraction of sp³-hybridized carbons (Fsp3) is 0.333. The molecule has 1 aromatic heterocycles. The van der Waals surface area contributed by atoms with Gasteiger partial charge >= 0.3 is 6.09 Å². The lowest BCUT2D eigenvalue weighted by Gasteiger charge is -2.19. The van der Waals surface area contributed by atoms with Crippen LogP contribution < -0.4 is 5.32 Å². The molecule has 112 valence electrons. The van der Waals surface area contributed by atoms with Crippen LogP contribution in [-0.2, 0) is 11.3 Å². The van der Waals surface area contributed by atoms with E-state index < -0.39 is 11.7 Å². The van der Waals surface area contributed by atoms with Crippen molar-refractivity contribution in [3.63, 3.8) is 0 Å². The van der Waals surface area contributed by atoms with Gasteiger partial charge in [-0.1, -0.05) is 0 Å². The van der Waals surface area contributed by atoms with Crippen molar-refractivity contribution >= 4 is 17.4 Å². The van der Waals surface area contributed by atoms with Crippen LogP contribution in [-0.4, -0.2) is 21.8 Å². The number of aromatic nitrogens is 1. The van der Waals surface area contributed by atoms with E-state index in [1.807, 2.05) is 26.2 Å². The van der Waals surface area contributed by atoms with Crippen LogP contribution in [0.5, 0.6) is 5.75 Å². The van der Waals surface area contributed by atoms with Gasteiger partial charge < -0.3 is 15.2 Å². The van der Waals surface area contributed by atoms with Crippen LogP contribution in [0.25, 0.3) is 11.3 Å². The maximum absolute atomic E-state index is 11.6. The number of phenols is 1. The summed E-state index contributed by atoms with van der Waals surface area (Å²) in [6.45, 7) is 5.79. The highest BCUT2D eigenvalue weighted by Crippen LogP contribution is 2.23. The first-order valence-corrected chi connectivity index (χ1v) is 7.42. The number of carbonyl (C=O) groups is 1. The van der Waals surface area contributed by atoms with E-state index >= 15 is 0 Å². The van der Waals surface area contributed by atoms with Gasteiger partial charge in [-0.2, -0.15) is 0 Å². The van der Waals surface area contributed by atoms with E-state index in [4.69, 9.17) is 4.74 Å². The predicted octanol–water partition coefficient (Wildman–Crippen LogP) is 3.54. The molecule has 0 spiro atoms. The number of carbonyl (C=O) groups excluding carboxylic acids is 1. The Labute approximate surface area is 127 Å². The van der Waals surface area contributed by atoms with Crippen molar-refractivity contribution in [3.8, 4) is 17.0 Å². The Hall–Kier alpha value is -2.08. The van der Waals surface area contributed by atoms with Gasteiger partial charge in [-0.05, 0) is 45.0 Å². The van der Waals surface area contributed by atoms with E-state index in [1.54, 1.807) is 24.3 Å². The summed E-state index contributed by atoms with van der Waals surface area (Å²) in [5.41, 5.74) is 1.23. The molecule has 0 fully saturated rings. The molecule has 5 nitrogen and oxygen atoms in total. The molecule has 0 unspecified atom stereocenters. The molecule has 0 saturated heterocycles. The van der Waals surface area contributed by atoms with Crippen molar-refractivity contribution < 1.29 is 14.6 Å². The molecule has 2 rings (SSSR count). The Bertz CT molecular complexity index is 615. The highest BCUT2D eigenvalue weighted by molar-refractivity contribution is 7.09. The molecule has 0 radical (unpaired) electrons. The minimum atomic E-state index is -0.510. The summed E-state index contributed by atoms with van der Waals surface area (Å²) in [5.74, 6) is 0.223. The van der Waals surface area contributed by atoms with Gasteiger partial charge in [0.25, 0.3) is 0 Å². The number of alkyl carbamates (subject to hydrolysis) is 1. The first-order chi connectivity index (χ1) is 9.83. The van der Waals surface area contributed by atoms with E-state index in [0.717, 1.165) is 16.3 Å². The molecule has 0 aliphatic heterocycles. The van der Waals surface area contributed by atoms with Crippen LogP contribution in [0.4, 0.5) is 4.79 Å². The third-order valence-electron chi connectivity index (χ3n) is 2.50. The normalized spacial score (nSPS) is 11.2. The van der Waals surface area contributed by atoms with Crippen LogP contribution >= 0.6 is 11.3 Å². The molecule has 0 atom stereocenters. The van der Waals surface area contributed by atoms with Gasteiger partial charge in [-0.3, -0.25) is 0 Å². The number of amides is 1. The molecule has 21 heavy (non-hydrogen) atoms. The topological polar surface area (TPSA) is 71.5 Å². The number of thiazole rings is 1. The average molecular weight is 306 g/mol. The molecule has 2 N–H and O–H groups in total. The van der Waals surface area contributed by atoms with E-state index in [1.165, 1.54) is 11.3 Å². The summed E-state index contributed by atoms with van der Waals surface area (Å²) in [6, 6.07) is 6.84. The number of ether oxygens (including phenoxy) is 1. The largest absolute Gasteiger partial charge is 0.508 e. The molecule has 1 amide bonds. The molecular formula is C15H18N2O3S. The molecule has 2 aromatic rings. The third-order valence-corrected chi connectivity index (χ3v) is 3.35. The minimum absolute atomic E-state index is 0.223. The summed E-state index contributed by atoms with van der Waals surface area (Å²) < 4.78 is 5.16. The van der Waals surface area contributed by atoms with Crippen LogP contribution in [0.3, 0.4) is 0 Å². The Kier molecular flexibility index (Phi) is 4.47. The molecule has 0 saturated carbocycles. The van der Waals surface area contributed by atoms with Gasteiger partial charge in [0.15, 0.2) is 0 Å². The number of hydrogen-bond acceptors (Lipinski definition) is 5. The number of hydrogen-bond donors (Lipinski definition) is 2. The maximum Gasteiger partial charge on any atom is 0.408 e. The second kappa shape index (κ2) is 6.13. The summed E-state index contributed by atoms with van der Waals surface area (Å²) in [5, 5.41) is 14.7. The number of rotatable bonds is 3. The molecular weight excluding hydrogens is 288 g/mol. The quantitative estimate of drug-likeness (QED) is 0.910. The van der Waals surface area contributed by atoms with Crippen LogP contribution in [0.1, 0.15) is 25.8 Å². The van der Waals surface area contributed by atoms with Crippen molar-refractivity contribution in [3.05, 3.63) is 34.7 Å². The van der Waals surface area contributed by atoms with Crippen molar-refractivity contribution in [2.75, 3.05) is 0 Å². The van der Waals surface area contributed by atoms with E-state index in [2.05, 4.69) is 10.3 Å². The zero-order valence-electron chi connectivity index (χ0n) is 12.2. The second-order valence-corrected chi connectivity index (χ2v) is 6.47.